The fourth-order valence-electron chi connectivity index (χ4n) is 2.15. The first-order chi connectivity index (χ1) is 10.1. The summed E-state index contributed by atoms with van der Waals surface area (Å²) in [6, 6.07) is 14.8. The molecule has 3 N–H and O–H groups in total. The number of rotatable bonds is 5. The van der Waals surface area contributed by atoms with Gasteiger partial charge in [-0.2, -0.15) is 0 Å². The highest BCUT2D eigenvalue weighted by Gasteiger charge is 2.09. The summed E-state index contributed by atoms with van der Waals surface area (Å²) in [6.45, 7) is 2.68. The molecular formula is C17H20N2O2. The molecule has 0 heterocycles. The topological polar surface area (TPSA) is 61.4 Å². The number of aromatic hydroxyl groups is 1. The molecule has 2 aromatic rings. The second kappa shape index (κ2) is 6.90. The third kappa shape index (κ3) is 3.83. The number of phenolic OH excluding ortho intramolecular Hbond substituents is 1. The normalized spacial score (nSPS) is 11.9. The minimum Gasteiger partial charge on any atom is -0.508 e. The van der Waals surface area contributed by atoms with Crippen LogP contribution in [0.3, 0.4) is 0 Å². The molecule has 110 valence electrons. The molecule has 2 rings (SSSR count). The molecule has 2 aromatic carbocycles. The van der Waals surface area contributed by atoms with Gasteiger partial charge in [-0.15, -0.1) is 0 Å². The van der Waals surface area contributed by atoms with Crippen LogP contribution in [0.2, 0.25) is 0 Å². The number of amides is 1. The van der Waals surface area contributed by atoms with Gasteiger partial charge in [0.25, 0.3) is 5.91 Å². The smallest absolute Gasteiger partial charge is 0.251 e. The van der Waals surface area contributed by atoms with Gasteiger partial charge in [-0.05, 0) is 30.7 Å². The molecule has 1 unspecified atom stereocenters. The Bertz CT molecular complexity index is 608. The second-order valence-electron chi connectivity index (χ2n) is 4.94. The Labute approximate surface area is 124 Å². The van der Waals surface area contributed by atoms with E-state index in [0.29, 0.717) is 17.9 Å². The SMILES string of the molecule is CNC(=O)c1ccc(CNC(C)c2ccccc2O)cc1. The molecule has 0 radical (unpaired) electrons. The van der Waals surface area contributed by atoms with Crippen LogP contribution in [-0.2, 0) is 6.54 Å². The highest BCUT2D eigenvalue weighted by molar-refractivity contribution is 5.93. The number of carbonyl (C=O) groups is 1. The molecule has 0 aliphatic rings. The predicted molar refractivity (Wildman–Crippen MR) is 83.2 cm³/mol. The van der Waals surface area contributed by atoms with Gasteiger partial charge in [-0.3, -0.25) is 4.79 Å². The third-order valence-corrected chi connectivity index (χ3v) is 3.46. The third-order valence-electron chi connectivity index (χ3n) is 3.46. The number of phenols is 1. The van der Waals surface area contributed by atoms with Gasteiger partial charge in [0.15, 0.2) is 0 Å². The van der Waals surface area contributed by atoms with Crippen molar-refractivity contribution in [2.24, 2.45) is 0 Å². The lowest BCUT2D eigenvalue weighted by Gasteiger charge is -2.15. The zero-order chi connectivity index (χ0) is 15.2. The first-order valence-electron chi connectivity index (χ1n) is 6.94. The fraction of sp³-hybridized carbons (Fsp3) is 0.235. The Hall–Kier alpha value is -2.33. The van der Waals surface area contributed by atoms with E-state index in [4.69, 9.17) is 0 Å². The maximum Gasteiger partial charge on any atom is 0.251 e. The lowest BCUT2D eigenvalue weighted by molar-refractivity contribution is 0.0963. The van der Waals surface area contributed by atoms with Crippen molar-refractivity contribution in [2.45, 2.75) is 19.5 Å². The Morgan fingerprint density at radius 1 is 1.14 bits per heavy atom. The summed E-state index contributed by atoms with van der Waals surface area (Å²) in [5.74, 6) is 0.213. The summed E-state index contributed by atoms with van der Waals surface area (Å²) in [6.07, 6.45) is 0. The van der Waals surface area contributed by atoms with Crippen molar-refractivity contribution < 1.29 is 9.90 Å². The Balaban J connectivity index is 1.97. The zero-order valence-electron chi connectivity index (χ0n) is 12.3. The van der Waals surface area contributed by atoms with E-state index >= 15 is 0 Å². The molecule has 4 heteroatoms. The maximum atomic E-state index is 11.5. The summed E-state index contributed by atoms with van der Waals surface area (Å²) in [7, 11) is 1.62. The largest absolute Gasteiger partial charge is 0.508 e. The fourth-order valence-corrected chi connectivity index (χ4v) is 2.15. The average molecular weight is 284 g/mol. The molecule has 0 saturated heterocycles. The first-order valence-corrected chi connectivity index (χ1v) is 6.94. The molecule has 0 fully saturated rings. The molecule has 0 spiro atoms. The molecular weight excluding hydrogens is 264 g/mol. The van der Waals surface area contributed by atoms with E-state index in [1.165, 1.54) is 0 Å². The quantitative estimate of drug-likeness (QED) is 0.791. The molecule has 0 saturated carbocycles. The van der Waals surface area contributed by atoms with E-state index in [1.807, 2.05) is 37.3 Å². The van der Waals surface area contributed by atoms with E-state index in [2.05, 4.69) is 10.6 Å². The van der Waals surface area contributed by atoms with E-state index < -0.39 is 0 Å². The summed E-state index contributed by atoms with van der Waals surface area (Å²) < 4.78 is 0. The van der Waals surface area contributed by atoms with Gasteiger partial charge in [0.1, 0.15) is 5.75 Å². The molecule has 4 nitrogen and oxygen atoms in total. The highest BCUT2D eigenvalue weighted by atomic mass is 16.3. The molecule has 1 atom stereocenters. The number of hydrogen-bond donors (Lipinski definition) is 3. The van der Waals surface area contributed by atoms with Gasteiger partial charge in [-0.25, -0.2) is 0 Å². The van der Waals surface area contributed by atoms with Crippen LogP contribution in [-0.4, -0.2) is 18.1 Å². The monoisotopic (exact) mass is 284 g/mol. The second-order valence-corrected chi connectivity index (χ2v) is 4.94. The van der Waals surface area contributed by atoms with Crippen molar-refractivity contribution in [1.29, 1.82) is 0 Å². The summed E-state index contributed by atoms with van der Waals surface area (Å²) in [5.41, 5.74) is 2.61. The van der Waals surface area contributed by atoms with Crippen molar-refractivity contribution in [3.05, 3.63) is 65.2 Å². The average Bonchev–Trinajstić information content (AvgIpc) is 2.52. The lowest BCUT2D eigenvalue weighted by Crippen LogP contribution is -2.19. The van der Waals surface area contributed by atoms with Crippen LogP contribution < -0.4 is 10.6 Å². The van der Waals surface area contributed by atoms with E-state index in [9.17, 15) is 9.90 Å². The minimum absolute atomic E-state index is 0.0461. The number of benzene rings is 2. The number of hydrogen-bond acceptors (Lipinski definition) is 3. The minimum atomic E-state index is -0.0860. The summed E-state index contributed by atoms with van der Waals surface area (Å²) >= 11 is 0. The Morgan fingerprint density at radius 3 is 2.43 bits per heavy atom. The van der Waals surface area contributed by atoms with Crippen molar-refractivity contribution in [3.8, 4) is 5.75 Å². The van der Waals surface area contributed by atoms with Crippen LogP contribution in [0.4, 0.5) is 0 Å². The van der Waals surface area contributed by atoms with Gasteiger partial charge < -0.3 is 15.7 Å². The van der Waals surface area contributed by atoms with Crippen molar-refractivity contribution in [1.82, 2.24) is 10.6 Å². The predicted octanol–water partition coefficient (Wildman–Crippen LogP) is 2.60. The van der Waals surface area contributed by atoms with Crippen LogP contribution in [0.15, 0.2) is 48.5 Å². The van der Waals surface area contributed by atoms with Gasteiger partial charge in [-0.1, -0.05) is 30.3 Å². The van der Waals surface area contributed by atoms with Crippen molar-refractivity contribution >= 4 is 5.91 Å². The number of nitrogens with one attached hydrogen (secondary N) is 2. The van der Waals surface area contributed by atoms with Gasteiger partial charge in [0, 0.05) is 30.8 Å². The molecule has 1 amide bonds. The molecule has 21 heavy (non-hydrogen) atoms. The van der Waals surface area contributed by atoms with Crippen LogP contribution in [0.25, 0.3) is 0 Å². The van der Waals surface area contributed by atoms with E-state index in [-0.39, 0.29) is 11.9 Å². The van der Waals surface area contributed by atoms with Gasteiger partial charge in [0.2, 0.25) is 0 Å². The van der Waals surface area contributed by atoms with Gasteiger partial charge >= 0.3 is 0 Å². The maximum absolute atomic E-state index is 11.5. The standard InChI is InChI=1S/C17H20N2O2/c1-12(15-5-3-4-6-16(15)20)19-11-13-7-9-14(10-8-13)17(21)18-2/h3-10,12,19-20H,11H2,1-2H3,(H,18,21). The Morgan fingerprint density at radius 2 is 1.81 bits per heavy atom. The van der Waals surface area contributed by atoms with Crippen molar-refractivity contribution in [2.75, 3.05) is 7.05 Å². The first kappa shape index (κ1) is 15.1. The summed E-state index contributed by atoms with van der Waals surface area (Å²) in [5, 5.41) is 15.8. The van der Waals surface area contributed by atoms with Crippen LogP contribution in [0, 0.1) is 0 Å². The van der Waals surface area contributed by atoms with E-state index in [1.54, 1.807) is 25.2 Å². The molecule has 0 aliphatic heterocycles. The molecule has 0 aromatic heterocycles. The summed E-state index contributed by atoms with van der Waals surface area (Å²) in [4.78, 5) is 11.5. The van der Waals surface area contributed by atoms with Crippen LogP contribution in [0.5, 0.6) is 5.75 Å². The molecule has 0 bridgehead atoms. The number of carbonyl (C=O) groups excluding carboxylic acids is 1. The van der Waals surface area contributed by atoms with Crippen LogP contribution in [0.1, 0.15) is 34.5 Å². The van der Waals surface area contributed by atoms with Gasteiger partial charge in [0.05, 0.1) is 0 Å². The van der Waals surface area contributed by atoms with Crippen molar-refractivity contribution in [3.63, 3.8) is 0 Å². The molecule has 0 aliphatic carbocycles. The lowest BCUT2D eigenvalue weighted by atomic mass is 10.1. The number of para-hydroxylation sites is 1. The Kier molecular flexibility index (Phi) is 4.95. The zero-order valence-corrected chi connectivity index (χ0v) is 12.3. The van der Waals surface area contributed by atoms with E-state index in [0.717, 1.165) is 11.1 Å². The highest BCUT2D eigenvalue weighted by Crippen LogP contribution is 2.23. The van der Waals surface area contributed by atoms with Crippen LogP contribution >= 0.6 is 0 Å².